The molecule has 1 saturated carbocycles. The molecule has 3 aromatic rings. The van der Waals surface area contributed by atoms with E-state index in [2.05, 4.69) is 47.4 Å². The Morgan fingerprint density at radius 2 is 2.03 bits per heavy atom. The number of piperidine rings is 1. The number of pyridine rings is 1. The lowest BCUT2D eigenvalue weighted by Gasteiger charge is -2.38. The van der Waals surface area contributed by atoms with Gasteiger partial charge in [-0.15, -0.1) is 11.3 Å². The number of nitrogens with zero attached hydrogens (tertiary/aromatic N) is 4. The first-order chi connectivity index (χ1) is 18.3. The lowest BCUT2D eigenvalue weighted by molar-refractivity contribution is -0.146. The van der Waals surface area contributed by atoms with Crippen LogP contribution in [0.1, 0.15) is 61.2 Å². The van der Waals surface area contributed by atoms with Crippen molar-refractivity contribution in [3.8, 4) is 0 Å². The third-order valence-electron chi connectivity index (χ3n) is 8.79. The van der Waals surface area contributed by atoms with Crippen LogP contribution in [0, 0.1) is 17.8 Å². The van der Waals surface area contributed by atoms with Crippen molar-refractivity contribution >= 4 is 44.9 Å². The van der Waals surface area contributed by atoms with Gasteiger partial charge < -0.3 is 20.9 Å². The molecule has 200 valence electrons. The molecule has 8 nitrogen and oxygen atoms in total. The predicted molar refractivity (Wildman–Crippen MR) is 151 cm³/mol. The van der Waals surface area contributed by atoms with Crippen molar-refractivity contribution in [2.24, 2.45) is 17.8 Å². The summed E-state index contributed by atoms with van der Waals surface area (Å²) in [6.45, 7) is 7.04. The zero-order valence-electron chi connectivity index (χ0n) is 22.3. The largest absolute Gasteiger partial charge is 0.383 e. The topological polar surface area (TPSA) is 104 Å². The van der Waals surface area contributed by atoms with Crippen LogP contribution in [0.3, 0.4) is 0 Å². The molecule has 1 aliphatic carbocycles. The summed E-state index contributed by atoms with van der Waals surface area (Å²) >= 11 is 1.82. The molecule has 5 atom stereocenters. The molecule has 2 saturated heterocycles. The van der Waals surface area contributed by atoms with Gasteiger partial charge in [0.2, 0.25) is 0 Å². The number of anilines is 2. The lowest BCUT2D eigenvalue weighted by Crippen LogP contribution is -2.46. The monoisotopic (exact) mass is 532 g/mol. The van der Waals surface area contributed by atoms with E-state index in [1.54, 1.807) is 11.0 Å². The smallest absolute Gasteiger partial charge is 0.313 e. The maximum atomic E-state index is 13.4. The summed E-state index contributed by atoms with van der Waals surface area (Å²) in [5, 5.41) is 4.00. The van der Waals surface area contributed by atoms with Gasteiger partial charge in [0.1, 0.15) is 5.82 Å². The number of thiazole rings is 1. The Labute approximate surface area is 227 Å². The fourth-order valence-corrected chi connectivity index (χ4v) is 7.79. The van der Waals surface area contributed by atoms with E-state index in [1.807, 2.05) is 18.3 Å². The summed E-state index contributed by atoms with van der Waals surface area (Å²) in [7, 11) is 2.22. The van der Waals surface area contributed by atoms with Crippen molar-refractivity contribution in [3.05, 3.63) is 46.6 Å². The van der Waals surface area contributed by atoms with Crippen LogP contribution in [0.4, 0.5) is 11.5 Å². The van der Waals surface area contributed by atoms with Crippen molar-refractivity contribution in [1.82, 2.24) is 19.8 Å². The van der Waals surface area contributed by atoms with Crippen LogP contribution in [0.15, 0.2) is 30.5 Å². The number of hydrogen-bond acceptors (Lipinski definition) is 7. The number of rotatable bonds is 4. The molecule has 2 amide bonds. The molecule has 0 radical (unpaired) electrons. The van der Waals surface area contributed by atoms with E-state index in [9.17, 15) is 9.59 Å². The van der Waals surface area contributed by atoms with E-state index in [-0.39, 0.29) is 6.04 Å². The minimum atomic E-state index is -0.643. The molecule has 4 heterocycles. The van der Waals surface area contributed by atoms with E-state index in [4.69, 9.17) is 10.7 Å². The van der Waals surface area contributed by atoms with Crippen LogP contribution >= 0.6 is 11.3 Å². The molecule has 9 heteroatoms. The Bertz CT molecular complexity index is 1390. The second-order valence-electron chi connectivity index (χ2n) is 11.5. The first-order valence-electron chi connectivity index (χ1n) is 13.8. The van der Waals surface area contributed by atoms with Gasteiger partial charge in [-0.05, 0) is 79.8 Å². The van der Waals surface area contributed by atoms with Crippen LogP contribution < -0.4 is 11.1 Å². The number of aryl methyl sites for hydroxylation is 1. The minimum Gasteiger partial charge on any atom is -0.383 e. The summed E-state index contributed by atoms with van der Waals surface area (Å²) in [6.07, 6.45) is 5.27. The molecule has 0 unspecified atom stereocenters. The molecule has 0 spiro atoms. The molecule has 3 aliphatic rings. The second kappa shape index (κ2) is 9.93. The number of nitrogens with one attached hydrogen (secondary N) is 1. The van der Waals surface area contributed by atoms with E-state index in [0.29, 0.717) is 36.3 Å². The summed E-state index contributed by atoms with van der Waals surface area (Å²) in [5.74, 6) is 1.74. The summed E-state index contributed by atoms with van der Waals surface area (Å²) < 4.78 is 1.20. The first-order valence-corrected chi connectivity index (χ1v) is 14.6. The minimum absolute atomic E-state index is 0.147. The van der Waals surface area contributed by atoms with Gasteiger partial charge >= 0.3 is 11.8 Å². The third-order valence-corrected chi connectivity index (χ3v) is 9.96. The molecule has 2 aromatic heterocycles. The number of carbonyl (C=O) groups is 2. The number of nitrogen functional groups attached to an aromatic ring is 1. The maximum absolute atomic E-state index is 13.4. The van der Waals surface area contributed by atoms with Crippen LogP contribution in [0.5, 0.6) is 0 Å². The van der Waals surface area contributed by atoms with Crippen molar-refractivity contribution < 1.29 is 9.59 Å². The molecular weight excluding hydrogens is 496 g/mol. The Morgan fingerprint density at radius 3 is 2.82 bits per heavy atom. The van der Waals surface area contributed by atoms with Crippen molar-refractivity contribution in [2.45, 2.75) is 51.5 Å². The number of aromatic nitrogens is 2. The highest BCUT2D eigenvalue weighted by atomic mass is 32.1. The van der Waals surface area contributed by atoms with E-state index < -0.39 is 11.8 Å². The highest BCUT2D eigenvalue weighted by Crippen LogP contribution is 2.52. The molecule has 3 fully saturated rings. The zero-order valence-corrected chi connectivity index (χ0v) is 23.1. The quantitative estimate of drug-likeness (QED) is 0.482. The highest BCUT2D eigenvalue weighted by molar-refractivity contribution is 7.18. The molecule has 0 bridgehead atoms. The van der Waals surface area contributed by atoms with E-state index in [0.717, 1.165) is 41.3 Å². The van der Waals surface area contributed by atoms with E-state index >= 15 is 0 Å². The fraction of sp³-hybridized carbons (Fsp3) is 0.517. The van der Waals surface area contributed by atoms with Crippen molar-refractivity contribution in [1.29, 1.82) is 0 Å². The summed E-state index contributed by atoms with van der Waals surface area (Å²) in [4.78, 5) is 39.9. The highest BCUT2D eigenvalue weighted by Gasteiger charge is 2.47. The number of carbonyl (C=O) groups excluding carboxylic acids is 2. The van der Waals surface area contributed by atoms with Crippen molar-refractivity contribution in [3.63, 3.8) is 0 Å². The van der Waals surface area contributed by atoms with Gasteiger partial charge in [0.15, 0.2) is 0 Å². The van der Waals surface area contributed by atoms with Gasteiger partial charge in [0, 0.05) is 25.6 Å². The van der Waals surface area contributed by atoms with E-state index in [1.165, 1.54) is 35.4 Å². The fourth-order valence-electron chi connectivity index (χ4n) is 6.65. The number of likely N-dealkylation sites (tertiary alicyclic amines) is 2. The number of fused-ring (bicyclic) bond motifs is 2. The Morgan fingerprint density at radius 1 is 1.18 bits per heavy atom. The molecular formula is C29H36N6O2S. The predicted octanol–water partition coefficient (Wildman–Crippen LogP) is 4.44. The van der Waals surface area contributed by atoms with Crippen molar-refractivity contribution in [2.75, 3.05) is 37.7 Å². The first kappa shape index (κ1) is 25.2. The molecule has 38 heavy (non-hydrogen) atoms. The Hall–Kier alpha value is -3.04. The standard InChI is InChI=1S/C29H36N6O2S/c1-4-17-9-20(12-31-26(17)30)32-27(36)29(37)35-13-16(2)5-7-24(35)18-6-8-25-23(11-18)33-28(38-25)21-10-19-14-34(3)15-22(19)21/h6,8-9,11-12,16,19,21-22,24H,4-5,7,10,13-15H2,1-3H3,(H2,30,31)(H,32,36)/t16-,19-,21+,22+,24+/m0/s1. The normalized spacial score (nSPS) is 27.2. The summed E-state index contributed by atoms with van der Waals surface area (Å²) in [5.41, 5.74) is 9.28. The Kier molecular flexibility index (Phi) is 6.60. The lowest BCUT2D eigenvalue weighted by atomic mass is 9.67. The van der Waals surface area contributed by atoms with Gasteiger partial charge in [-0.25, -0.2) is 9.97 Å². The molecule has 6 rings (SSSR count). The van der Waals surface area contributed by atoms with Crippen LogP contribution in [0.2, 0.25) is 0 Å². The van der Waals surface area contributed by atoms with Gasteiger partial charge in [0.25, 0.3) is 0 Å². The molecule has 3 N–H and O–H groups in total. The maximum Gasteiger partial charge on any atom is 0.313 e. The third kappa shape index (κ3) is 4.56. The van der Waals surface area contributed by atoms with Crippen LogP contribution in [-0.4, -0.2) is 58.3 Å². The average molecular weight is 533 g/mol. The average Bonchev–Trinajstić information content (AvgIpc) is 3.44. The molecule has 1 aromatic carbocycles. The zero-order chi connectivity index (χ0) is 26.6. The van der Waals surface area contributed by atoms with Gasteiger partial charge in [-0.2, -0.15) is 0 Å². The van der Waals surface area contributed by atoms with Gasteiger partial charge in [-0.3, -0.25) is 9.59 Å². The van der Waals surface area contributed by atoms with Gasteiger partial charge in [-0.1, -0.05) is 19.9 Å². The Balaban J connectivity index is 1.21. The number of nitrogens with two attached hydrogens (primary N) is 1. The second-order valence-corrected chi connectivity index (χ2v) is 12.6. The van der Waals surface area contributed by atoms with Gasteiger partial charge in [0.05, 0.1) is 33.2 Å². The SMILES string of the molecule is CCc1cc(NC(=O)C(=O)N2C[C@@H](C)CC[C@@H]2c2ccc3sc([C@@H]4C[C@H]5CN(C)C[C@H]54)nc3c2)cnc1N. The van der Waals surface area contributed by atoms with Crippen LogP contribution in [0.25, 0.3) is 10.2 Å². The number of hydrogen-bond donors (Lipinski definition) is 2. The molecule has 2 aliphatic heterocycles. The van der Waals surface area contributed by atoms with Crippen LogP contribution in [-0.2, 0) is 16.0 Å². The summed E-state index contributed by atoms with van der Waals surface area (Å²) in [6, 6.07) is 8.04. The number of amides is 2. The number of benzene rings is 1.